The summed E-state index contributed by atoms with van der Waals surface area (Å²) < 4.78 is 1.95. The van der Waals surface area contributed by atoms with Gasteiger partial charge < -0.3 is 14.6 Å². The second kappa shape index (κ2) is 4.66. The van der Waals surface area contributed by atoms with Crippen LogP contribution in [0.4, 0.5) is 0 Å². The summed E-state index contributed by atoms with van der Waals surface area (Å²) in [7, 11) is 3.63. The van der Waals surface area contributed by atoms with Gasteiger partial charge in [0.05, 0.1) is 17.4 Å². The third-order valence-electron chi connectivity index (χ3n) is 3.08. The molecule has 1 amide bonds. The standard InChI is InChI=1S/C14H19N3O2/c1-14(2,19)13(18)16(3)8-10-5-6-12-11(7-10)15-9-17(12)4/h5-7,9,19H,8H2,1-4H3. The van der Waals surface area contributed by atoms with Crippen LogP contribution in [0, 0.1) is 0 Å². The normalized spacial score (nSPS) is 11.8. The van der Waals surface area contributed by atoms with Gasteiger partial charge in [0.1, 0.15) is 5.60 Å². The molecule has 0 spiro atoms. The zero-order chi connectivity index (χ0) is 14.2. The van der Waals surface area contributed by atoms with E-state index >= 15 is 0 Å². The fourth-order valence-corrected chi connectivity index (χ4v) is 2.09. The van der Waals surface area contributed by atoms with E-state index in [9.17, 15) is 9.90 Å². The molecule has 0 aliphatic heterocycles. The highest BCUT2D eigenvalue weighted by Gasteiger charge is 2.27. The monoisotopic (exact) mass is 261 g/mol. The topological polar surface area (TPSA) is 58.4 Å². The molecule has 5 heteroatoms. The number of hydrogen-bond acceptors (Lipinski definition) is 3. The minimum Gasteiger partial charge on any atom is -0.381 e. The SMILES string of the molecule is CN(Cc1ccc2c(c1)ncn2C)C(=O)C(C)(C)O. The van der Waals surface area contributed by atoms with Crippen LogP contribution in [0.1, 0.15) is 19.4 Å². The summed E-state index contributed by atoms with van der Waals surface area (Å²) in [6.45, 7) is 3.44. The molecule has 102 valence electrons. The first-order chi connectivity index (χ1) is 8.79. The molecule has 1 N–H and O–H groups in total. The molecule has 0 radical (unpaired) electrons. The number of likely N-dealkylation sites (N-methyl/N-ethyl adjacent to an activating group) is 1. The first-order valence-corrected chi connectivity index (χ1v) is 6.17. The first kappa shape index (κ1) is 13.5. The fraction of sp³-hybridized carbons (Fsp3) is 0.429. The molecule has 1 heterocycles. The molecule has 5 nitrogen and oxygen atoms in total. The summed E-state index contributed by atoms with van der Waals surface area (Å²) in [6.07, 6.45) is 1.76. The van der Waals surface area contributed by atoms with Crippen molar-refractivity contribution in [1.82, 2.24) is 14.5 Å². The van der Waals surface area contributed by atoms with Crippen molar-refractivity contribution in [3.05, 3.63) is 30.1 Å². The van der Waals surface area contributed by atoms with E-state index in [4.69, 9.17) is 0 Å². The molecule has 19 heavy (non-hydrogen) atoms. The van der Waals surface area contributed by atoms with E-state index in [-0.39, 0.29) is 5.91 Å². The third-order valence-corrected chi connectivity index (χ3v) is 3.08. The lowest BCUT2D eigenvalue weighted by Gasteiger charge is -2.25. The van der Waals surface area contributed by atoms with E-state index in [0.29, 0.717) is 6.54 Å². The van der Waals surface area contributed by atoms with Crippen molar-refractivity contribution in [3.63, 3.8) is 0 Å². The lowest BCUT2D eigenvalue weighted by Crippen LogP contribution is -2.42. The van der Waals surface area contributed by atoms with Crippen molar-refractivity contribution in [2.75, 3.05) is 7.05 Å². The molecule has 2 rings (SSSR count). The lowest BCUT2D eigenvalue weighted by atomic mass is 10.1. The summed E-state index contributed by atoms with van der Waals surface area (Å²) in [5.74, 6) is -0.298. The molecule has 1 aromatic heterocycles. The molecule has 0 aliphatic rings. The van der Waals surface area contributed by atoms with Crippen LogP contribution in [0.5, 0.6) is 0 Å². The fourth-order valence-electron chi connectivity index (χ4n) is 2.09. The molecule has 0 saturated heterocycles. The average Bonchev–Trinajstić information content (AvgIpc) is 2.68. The molecule has 0 atom stereocenters. The van der Waals surface area contributed by atoms with Gasteiger partial charge in [0.2, 0.25) is 0 Å². The smallest absolute Gasteiger partial charge is 0.253 e. The molecule has 0 bridgehead atoms. The maximum Gasteiger partial charge on any atom is 0.253 e. The van der Waals surface area contributed by atoms with E-state index in [1.165, 1.54) is 18.7 Å². The van der Waals surface area contributed by atoms with Gasteiger partial charge in [-0.3, -0.25) is 4.79 Å². The van der Waals surface area contributed by atoms with Crippen LogP contribution in [0.2, 0.25) is 0 Å². The quantitative estimate of drug-likeness (QED) is 0.906. The number of rotatable bonds is 3. The molecule has 2 aromatic rings. The van der Waals surface area contributed by atoms with Crippen LogP contribution < -0.4 is 0 Å². The highest BCUT2D eigenvalue weighted by molar-refractivity contribution is 5.84. The number of hydrogen-bond donors (Lipinski definition) is 1. The van der Waals surface area contributed by atoms with Crippen molar-refractivity contribution in [1.29, 1.82) is 0 Å². The zero-order valence-corrected chi connectivity index (χ0v) is 11.7. The Labute approximate surface area is 112 Å². The third kappa shape index (κ3) is 2.76. The Hall–Kier alpha value is -1.88. The summed E-state index contributed by atoms with van der Waals surface area (Å²) in [4.78, 5) is 17.7. The average molecular weight is 261 g/mol. The van der Waals surface area contributed by atoms with Gasteiger partial charge in [-0.25, -0.2) is 4.98 Å². The Morgan fingerprint density at radius 2 is 2.16 bits per heavy atom. The number of aromatic nitrogens is 2. The molecule has 0 unspecified atom stereocenters. The van der Waals surface area contributed by atoms with Gasteiger partial charge >= 0.3 is 0 Å². The second-order valence-electron chi connectivity index (χ2n) is 5.40. The largest absolute Gasteiger partial charge is 0.381 e. The van der Waals surface area contributed by atoms with Crippen LogP contribution in [0.15, 0.2) is 24.5 Å². The molecular formula is C14H19N3O2. The molecule has 1 aromatic carbocycles. The Balaban J connectivity index is 2.19. The van der Waals surface area contributed by atoms with Crippen LogP contribution in [0.3, 0.4) is 0 Å². The number of fused-ring (bicyclic) bond motifs is 1. The number of carbonyl (C=O) groups excluding carboxylic acids is 1. The second-order valence-corrected chi connectivity index (χ2v) is 5.40. The van der Waals surface area contributed by atoms with Gasteiger partial charge in [-0.2, -0.15) is 0 Å². The van der Waals surface area contributed by atoms with E-state index < -0.39 is 5.60 Å². The van der Waals surface area contributed by atoms with Crippen LogP contribution >= 0.6 is 0 Å². The summed E-state index contributed by atoms with van der Waals surface area (Å²) in [6, 6.07) is 5.92. The van der Waals surface area contributed by atoms with E-state index in [0.717, 1.165) is 16.6 Å². The summed E-state index contributed by atoms with van der Waals surface area (Å²) in [5, 5.41) is 9.70. The Morgan fingerprint density at radius 3 is 2.79 bits per heavy atom. The van der Waals surface area contributed by atoms with E-state index in [2.05, 4.69) is 4.98 Å². The number of amides is 1. The van der Waals surface area contributed by atoms with Gasteiger partial charge in [0, 0.05) is 20.6 Å². The van der Waals surface area contributed by atoms with Crippen LogP contribution in [-0.4, -0.2) is 38.1 Å². The Bertz CT molecular complexity index is 611. The minimum absolute atomic E-state index is 0.298. The van der Waals surface area contributed by atoms with Gasteiger partial charge in [0.15, 0.2) is 0 Å². The number of nitrogens with zero attached hydrogens (tertiary/aromatic N) is 3. The van der Waals surface area contributed by atoms with E-state index in [1.54, 1.807) is 13.4 Å². The van der Waals surface area contributed by atoms with Gasteiger partial charge in [-0.15, -0.1) is 0 Å². The number of aryl methyl sites for hydroxylation is 1. The maximum atomic E-state index is 11.9. The van der Waals surface area contributed by atoms with Gasteiger partial charge in [-0.1, -0.05) is 6.07 Å². The van der Waals surface area contributed by atoms with Crippen LogP contribution in [0.25, 0.3) is 11.0 Å². The van der Waals surface area contributed by atoms with Crippen molar-refractivity contribution >= 4 is 16.9 Å². The minimum atomic E-state index is -1.34. The zero-order valence-electron chi connectivity index (χ0n) is 11.7. The first-order valence-electron chi connectivity index (χ1n) is 6.17. The highest BCUT2D eigenvalue weighted by Crippen LogP contribution is 2.16. The highest BCUT2D eigenvalue weighted by atomic mass is 16.3. The lowest BCUT2D eigenvalue weighted by molar-refractivity contribution is -0.146. The number of imidazole rings is 1. The maximum absolute atomic E-state index is 11.9. The van der Waals surface area contributed by atoms with Crippen molar-refractivity contribution in [2.45, 2.75) is 26.0 Å². The van der Waals surface area contributed by atoms with Crippen molar-refractivity contribution in [3.8, 4) is 0 Å². The summed E-state index contributed by atoms with van der Waals surface area (Å²) >= 11 is 0. The molecular weight excluding hydrogens is 242 g/mol. The van der Waals surface area contributed by atoms with Gasteiger partial charge in [-0.05, 0) is 31.5 Å². The van der Waals surface area contributed by atoms with Crippen molar-refractivity contribution in [2.24, 2.45) is 7.05 Å². The Morgan fingerprint density at radius 1 is 1.47 bits per heavy atom. The molecule has 0 aliphatic carbocycles. The molecule has 0 saturated carbocycles. The predicted molar refractivity (Wildman–Crippen MR) is 73.5 cm³/mol. The van der Waals surface area contributed by atoms with E-state index in [1.807, 2.05) is 29.8 Å². The van der Waals surface area contributed by atoms with Crippen LogP contribution in [-0.2, 0) is 18.4 Å². The van der Waals surface area contributed by atoms with Crippen molar-refractivity contribution < 1.29 is 9.90 Å². The Kier molecular flexibility index (Phi) is 3.32. The number of aliphatic hydroxyl groups is 1. The summed E-state index contributed by atoms with van der Waals surface area (Å²) in [5.41, 5.74) is 1.61. The van der Waals surface area contributed by atoms with Gasteiger partial charge in [0.25, 0.3) is 5.91 Å². The predicted octanol–water partition coefficient (Wildman–Crippen LogP) is 1.30. The number of carbonyl (C=O) groups is 1. The molecule has 0 fully saturated rings. The number of benzene rings is 1.